The summed E-state index contributed by atoms with van der Waals surface area (Å²) in [4.78, 5) is 34.9. The molecule has 0 N–H and O–H groups in total. The summed E-state index contributed by atoms with van der Waals surface area (Å²) in [6, 6.07) is 0. The summed E-state index contributed by atoms with van der Waals surface area (Å²) in [5.41, 5.74) is 3.44. The Hall–Kier alpha value is -2.57. The molecule has 0 saturated carbocycles. The standard InChI is InChI=1S/C19H24N6O/c1-24(13-14-12-20-8-9-21-14)18(26)17-15-6-2-3-7-16(15)22-19(23-17)25-10-4-5-11-25/h8-9,12H,2-7,10-11,13H2,1H3. The molecule has 3 heterocycles. The van der Waals surface area contributed by atoms with Gasteiger partial charge in [-0.15, -0.1) is 0 Å². The van der Waals surface area contributed by atoms with Gasteiger partial charge in [-0.2, -0.15) is 0 Å². The minimum atomic E-state index is -0.0587. The van der Waals surface area contributed by atoms with Crippen molar-refractivity contribution in [3.63, 3.8) is 0 Å². The quantitative estimate of drug-likeness (QED) is 0.838. The number of carbonyl (C=O) groups excluding carboxylic acids is 1. The molecule has 26 heavy (non-hydrogen) atoms. The molecule has 7 heteroatoms. The van der Waals surface area contributed by atoms with E-state index in [1.165, 1.54) is 0 Å². The molecule has 2 aliphatic rings. The van der Waals surface area contributed by atoms with Gasteiger partial charge in [0.25, 0.3) is 5.91 Å². The van der Waals surface area contributed by atoms with Crippen molar-refractivity contribution in [1.82, 2.24) is 24.8 Å². The first kappa shape index (κ1) is 16.9. The lowest BCUT2D eigenvalue weighted by Gasteiger charge is -2.24. The molecule has 136 valence electrons. The molecule has 0 aromatic carbocycles. The fourth-order valence-corrected chi connectivity index (χ4v) is 3.72. The number of aromatic nitrogens is 4. The van der Waals surface area contributed by atoms with Crippen molar-refractivity contribution in [3.8, 4) is 0 Å². The maximum absolute atomic E-state index is 13.2. The third-order valence-electron chi connectivity index (χ3n) is 5.13. The van der Waals surface area contributed by atoms with Crippen LogP contribution in [0.25, 0.3) is 0 Å². The van der Waals surface area contributed by atoms with Crippen LogP contribution in [-0.2, 0) is 19.4 Å². The average molecular weight is 352 g/mol. The van der Waals surface area contributed by atoms with E-state index in [1.54, 1.807) is 30.5 Å². The summed E-state index contributed by atoms with van der Waals surface area (Å²) in [5.74, 6) is 0.663. The maximum atomic E-state index is 13.2. The van der Waals surface area contributed by atoms with Crippen LogP contribution in [0.1, 0.15) is 53.1 Å². The highest BCUT2D eigenvalue weighted by Crippen LogP contribution is 2.27. The highest BCUT2D eigenvalue weighted by Gasteiger charge is 2.26. The van der Waals surface area contributed by atoms with E-state index in [0.29, 0.717) is 12.2 Å². The number of carbonyl (C=O) groups is 1. The molecule has 1 saturated heterocycles. The van der Waals surface area contributed by atoms with Crippen LogP contribution in [-0.4, -0.2) is 50.9 Å². The number of anilines is 1. The van der Waals surface area contributed by atoms with E-state index in [2.05, 4.69) is 14.9 Å². The van der Waals surface area contributed by atoms with Crippen LogP contribution in [0.2, 0.25) is 0 Å². The summed E-state index contributed by atoms with van der Waals surface area (Å²) >= 11 is 0. The lowest BCUT2D eigenvalue weighted by atomic mass is 9.94. The number of rotatable bonds is 4. The molecule has 1 fully saturated rings. The maximum Gasteiger partial charge on any atom is 0.273 e. The van der Waals surface area contributed by atoms with E-state index in [4.69, 9.17) is 9.97 Å². The first-order valence-corrected chi connectivity index (χ1v) is 9.37. The van der Waals surface area contributed by atoms with Gasteiger partial charge in [0, 0.05) is 43.8 Å². The van der Waals surface area contributed by atoms with E-state index < -0.39 is 0 Å². The number of nitrogens with zero attached hydrogens (tertiary/aromatic N) is 6. The van der Waals surface area contributed by atoms with E-state index >= 15 is 0 Å². The fourth-order valence-electron chi connectivity index (χ4n) is 3.72. The largest absolute Gasteiger partial charge is 0.341 e. The van der Waals surface area contributed by atoms with E-state index in [0.717, 1.165) is 74.5 Å². The SMILES string of the molecule is CN(Cc1cnccn1)C(=O)c1nc(N2CCCC2)nc2c1CCCC2. The van der Waals surface area contributed by atoms with Gasteiger partial charge in [0.15, 0.2) is 0 Å². The second kappa shape index (κ2) is 7.35. The molecular formula is C19H24N6O. The van der Waals surface area contributed by atoms with Gasteiger partial charge < -0.3 is 9.80 Å². The van der Waals surface area contributed by atoms with Gasteiger partial charge in [0.05, 0.1) is 18.4 Å². The van der Waals surface area contributed by atoms with Crippen LogP contribution in [0.3, 0.4) is 0 Å². The Morgan fingerprint density at radius 3 is 2.69 bits per heavy atom. The predicted molar refractivity (Wildman–Crippen MR) is 98.0 cm³/mol. The van der Waals surface area contributed by atoms with Gasteiger partial charge in [-0.1, -0.05) is 0 Å². The lowest BCUT2D eigenvalue weighted by molar-refractivity contribution is 0.0775. The zero-order valence-electron chi connectivity index (χ0n) is 15.2. The molecule has 0 spiro atoms. The molecule has 7 nitrogen and oxygen atoms in total. The first-order chi connectivity index (χ1) is 12.7. The van der Waals surface area contributed by atoms with Gasteiger partial charge in [0.2, 0.25) is 5.95 Å². The number of fused-ring (bicyclic) bond motifs is 1. The summed E-state index contributed by atoms with van der Waals surface area (Å²) in [6.07, 6.45) is 11.3. The predicted octanol–water partition coefficient (Wildman–Crippen LogP) is 2.02. The molecule has 0 bridgehead atoms. The summed E-state index contributed by atoms with van der Waals surface area (Å²) in [5, 5.41) is 0. The van der Waals surface area contributed by atoms with Crippen LogP contribution < -0.4 is 4.90 Å². The van der Waals surface area contributed by atoms with Crippen molar-refractivity contribution < 1.29 is 4.79 Å². The molecule has 0 radical (unpaired) electrons. The Bertz CT molecular complexity index is 788. The van der Waals surface area contributed by atoms with Crippen molar-refractivity contribution in [2.75, 3.05) is 25.0 Å². The second-order valence-electron chi connectivity index (χ2n) is 7.06. The second-order valence-corrected chi connectivity index (χ2v) is 7.06. The van der Waals surface area contributed by atoms with Gasteiger partial charge in [-0.3, -0.25) is 14.8 Å². The minimum Gasteiger partial charge on any atom is -0.341 e. The first-order valence-electron chi connectivity index (χ1n) is 9.37. The molecule has 2 aromatic rings. The Labute approximate surface area is 153 Å². The van der Waals surface area contributed by atoms with Crippen molar-refractivity contribution in [1.29, 1.82) is 0 Å². The Morgan fingerprint density at radius 1 is 1.12 bits per heavy atom. The van der Waals surface area contributed by atoms with Crippen LogP contribution in [0.15, 0.2) is 18.6 Å². The summed E-state index contributed by atoms with van der Waals surface area (Å²) in [7, 11) is 1.80. The average Bonchev–Trinajstić information content (AvgIpc) is 3.22. The van der Waals surface area contributed by atoms with Crippen molar-refractivity contribution >= 4 is 11.9 Å². The summed E-state index contributed by atoms with van der Waals surface area (Å²) < 4.78 is 0. The zero-order valence-corrected chi connectivity index (χ0v) is 15.2. The van der Waals surface area contributed by atoms with Crippen LogP contribution in [0.5, 0.6) is 0 Å². The van der Waals surface area contributed by atoms with Gasteiger partial charge >= 0.3 is 0 Å². The van der Waals surface area contributed by atoms with Crippen LogP contribution in [0.4, 0.5) is 5.95 Å². The van der Waals surface area contributed by atoms with Gasteiger partial charge in [-0.25, -0.2) is 9.97 Å². The van der Waals surface area contributed by atoms with E-state index in [1.807, 2.05) is 0 Å². The molecule has 1 aliphatic heterocycles. The molecule has 2 aromatic heterocycles. The smallest absolute Gasteiger partial charge is 0.273 e. The number of aryl methyl sites for hydroxylation is 1. The highest BCUT2D eigenvalue weighted by atomic mass is 16.2. The van der Waals surface area contributed by atoms with Crippen molar-refractivity contribution in [2.24, 2.45) is 0 Å². The third-order valence-corrected chi connectivity index (χ3v) is 5.13. The third kappa shape index (κ3) is 3.38. The number of hydrogen-bond acceptors (Lipinski definition) is 6. The monoisotopic (exact) mass is 352 g/mol. The van der Waals surface area contributed by atoms with Crippen molar-refractivity contribution in [2.45, 2.75) is 45.1 Å². The topological polar surface area (TPSA) is 75.1 Å². The van der Waals surface area contributed by atoms with E-state index in [9.17, 15) is 4.79 Å². The number of hydrogen-bond donors (Lipinski definition) is 0. The summed E-state index contributed by atoms with van der Waals surface area (Å²) in [6.45, 7) is 2.37. The number of amides is 1. The van der Waals surface area contributed by atoms with E-state index in [-0.39, 0.29) is 5.91 Å². The minimum absolute atomic E-state index is 0.0587. The Kier molecular flexibility index (Phi) is 4.77. The van der Waals surface area contributed by atoms with Gasteiger partial charge in [-0.05, 0) is 38.5 Å². The van der Waals surface area contributed by atoms with Crippen molar-refractivity contribution in [3.05, 3.63) is 41.2 Å². The molecule has 1 aliphatic carbocycles. The zero-order chi connectivity index (χ0) is 17.9. The van der Waals surface area contributed by atoms with Crippen LogP contribution >= 0.6 is 0 Å². The Balaban J connectivity index is 1.65. The molecule has 0 unspecified atom stereocenters. The van der Waals surface area contributed by atoms with Gasteiger partial charge in [0.1, 0.15) is 5.69 Å². The highest BCUT2D eigenvalue weighted by molar-refractivity contribution is 5.94. The normalized spacial score (nSPS) is 16.4. The fraction of sp³-hybridized carbons (Fsp3) is 0.526. The molecule has 0 atom stereocenters. The molecule has 1 amide bonds. The lowest BCUT2D eigenvalue weighted by Crippen LogP contribution is -2.31. The van der Waals surface area contributed by atoms with Crippen LogP contribution in [0, 0.1) is 0 Å². The molecular weight excluding hydrogens is 328 g/mol. The molecule has 4 rings (SSSR count). The Morgan fingerprint density at radius 2 is 1.92 bits per heavy atom.